The lowest BCUT2D eigenvalue weighted by atomic mass is 10.2. The SMILES string of the molecule is CCNC(=O)C(C)NC(=O)c1n[nH]c(C(C)C)n1. The third-order valence-electron chi connectivity index (χ3n) is 2.34. The third kappa shape index (κ3) is 3.54. The zero-order valence-corrected chi connectivity index (χ0v) is 11.1. The van der Waals surface area contributed by atoms with E-state index in [0.717, 1.165) is 0 Å². The Labute approximate surface area is 106 Å². The lowest BCUT2D eigenvalue weighted by Gasteiger charge is -2.11. The molecule has 1 rings (SSSR count). The van der Waals surface area contributed by atoms with Gasteiger partial charge in [-0.2, -0.15) is 0 Å². The molecule has 0 spiro atoms. The fourth-order valence-corrected chi connectivity index (χ4v) is 1.29. The second-order valence-electron chi connectivity index (χ2n) is 4.29. The molecule has 0 aliphatic rings. The normalized spacial score (nSPS) is 12.3. The maximum Gasteiger partial charge on any atom is 0.291 e. The van der Waals surface area contributed by atoms with Gasteiger partial charge in [0, 0.05) is 12.5 Å². The van der Waals surface area contributed by atoms with Crippen molar-refractivity contribution in [2.45, 2.75) is 39.7 Å². The van der Waals surface area contributed by atoms with Gasteiger partial charge in [0.25, 0.3) is 5.91 Å². The molecule has 1 aromatic rings. The van der Waals surface area contributed by atoms with Gasteiger partial charge in [0.2, 0.25) is 11.7 Å². The highest BCUT2D eigenvalue weighted by molar-refractivity contribution is 5.94. The van der Waals surface area contributed by atoms with Crippen molar-refractivity contribution in [3.8, 4) is 0 Å². The van der Waals surface area contributed by atoms with Gasteiger partial charge in [-0.3, -0.25) is 14.7 Å². The van der Waals surface area contributed by atoms with Crippen molar-refractivity contribution in [1.82, 2.24) is 25.8 Å². The Morgan fingerprint density at radius 3 is 2.50 bits per heavy atom. The highest BCUT2D eigenvalue weighted by Crippen LogP contribution is 2.07. The monoisotopic (exact) mass is 253 g/mol. The summed E-state index contributed by atoms with van der Waals surface area (Å²) in [5, 5.41) is 11.7. The van der Waals surface area contributed by atoms with Gasteiger partial charge < -0.3 is 10.6 Å². The standard InChI is InChI=1S/C11H19N5O2/c1-5-12-10(17)7(4)13-11(18)9-14-8(6(2)3)15-16-9/h6-7H,5H2,1-4H3,(H,12,17)(H,13,18)(H,14,15,16). The van der Waals surface area contributed by atoms with Gasteiger partial charge in [-0.25, -0.2) is 4.98 Å². The fourth-order valence-electron chi connectivity index (χ4n) is 1.29. The van der Waals surface area contributed by atoms with Gasteiger partial charge in [0.05, 0.1) is 0 Å². The number of hydrogen-bond acceptors (Lipinski definition) is 4. The van der Waals surface area contributed by atoms with E-state index in [-0.39, 0.29) is 17.6 Å². The molecule has 0 aromatic carbocycles. The Hall–Kier alpha value is -1.92. The molecular formula is C11H19N5O2. The molecule has 18 heavy (non-hydrogen) atoms. The van der Waals surface area contributed by atoms with E-state index in [1.807, 2.05) is 20.8 Å². The maximum absolute atomic E-state index is 11.8. The second-order valence-corrected chi connectivity index (χ2v) is 4.29. The van der Waals surface area contributed by atoms with Crippen LogP contribution < -0.4 is 10.6 Å². The molecule has 1 unspecified atom stereocenters. The number of likely N-dealkylation sites (N-methyl/N-ethyl adjacent to an activating group) is 1. The summed E-state index contributed by atoms with van der Waals surface area (Å²) in [6.45, 7) is 7.84. The van der Waals surface area contributed by atoms with Gasteiger partial charge in [-0.1, -0.05) is 13.8 Å². The molecule has 0 radical (unpaired) electrons. The van der Waals surface area contributed by atoms with Crippen molar-refractivity contribution >= 4 is 11.8 Å². The molecule has 100 valence electrons. The summed E-state index contributed by atoms with van der Waals surface area (Å²) in [5.74, 6) is 0.169. The van der Waals surface area contributed by atoms with Crippen molar-refractivity contribution in [2.24, 2.45) is 0 Å². The van der Waals surface area contributed by atoms with Gasteiger partial charge >= 0.3 is 0 Å². The lowest BCUT2D eigenvalue weighted by Crippen LogP contribution is -2.45. The van der Waals surface area contributed by atoms with Crippen LogP contribution in [0.4, 0.5) is 0 Å². The first kappa shape index (κ1) is 14.1. The summed E-state index contributed by atoms with van der Waals surface area (Å²) in [5.41, 5.74) is 0. The van der Waals surface area contributed by atoms with Crippen LogP contribution in [-0.2, 0) is 4.79 Å². The summed E-state index contributed by atoms with van der Waals surface area (Å²) < 4.78 is 0. The van der Waals surface area contributed by atoms with Crippen LogP contribution in [0.5, 0.6) is 0 Å². The molecule has 0 bridgehead atoms. The molecule has 7 heteroatoms. The quantitative estimate of drug-likeness (QED) is 0.697. The fraction of sp³-hybridized carbons (Fsp3) is 0.636. The highest BCUT2D eigenvalue weighted by atomic mass is 16.2. The minimum absolute atomic E-state index is 0.0508. The van der Waals surface area contributed by atoms with Crippen LogP contribution in [0.1, 0.15) is 50.1 Å². The molecule has 0 saturated heterocycles. The van der Waals surface area contributed by atoms with Crippen molar-refractivity contribution in [3.05, 3.63) is 11.6 Å². The zero-order valence-electron chi connectivity index (χ0n) is 11.1. The summed E-state index contributed by atoms with van der Waals surface area (Å²) in [4.78, 5) is 27.3. The van der Waals surface area contributed by atoms with Crippen molar-refractivity contribution in [3.63, 3.8) is 0 Å². The Bertz CT molecular complexity index is 427. The van der Waals surface area contributed by atoms with Crippen LogP contribution >= 0.6 is 0 Å². The average molecular weight is 253 g/mol. The number of nitrogens with zero attached hydrogens (tertiary/aromatic N) is 2. The second kappa shape index (κ2) is 6.13. The van der Waals surface area contributed by atoms with Gasteiger partial charge in [0.1, 0.15) is 11.9 Å². The number of rotatable bonds is 5. The minimum Gasteiger partial charge on any atom is -0.355 e. The summed E-state index contributed by atoms with van der Waals surface area (Å²) >= 11 is 0. The zero-order chi connectivity index (χ0) is 13.7. The molecule has 0 aliphatic heterocycles. The number of carbonyl (C=O) groups is 2. The van der Waals surface area contributed by atoms with E-state index < -0.39 is 11.9 Å². The van der Waals surface area contributed by atoms with E-state index in [9.17, 15) is 9.59 Å². The minimum atomic E-state index is -0.613. The first-order valence-corrected chi connectivity index (χ1v) is 5.96. The van der Waals surface area contributed by atoms with Gasteiger partial charge in [-0.15, -0.1) is 5.10 Å². The van der Waals surface area contributed by atoms with E-state index in [1.54, 1.807) is 6.92 Å². The van der Waals surface area contributed by atoms with E-state index in [1.165, 1.54) is 0 Å². The number of hydrogen-bond donors (Lipinski definition) is 3. The number of amides is 2. The molecule has 1 atom stereocenters. The van der Waals surface area contributed by atoms with Gasteiger partial charge in [0.15, 0.2) is 0 Å². The summed E-state index contributed by atoms with van der Waals surface area (Å²) in [6.07, 6.45) is 0. The summed E-state index contributed by atoms with van der Waals surface area (Å²) in [6, 6.07) is -0.613. The van der Waals surface area contributed by atoms with Crippen LogP contribution in [0, 0.1) is 0 Å². The molecule has 7 nitrogen and oxygen atoms in total. The Kier molecular flexibility index (Phi) is 4.82. The predicted molar refractivity (Wildman–Crippen MR) is 66.1 cm³/mol. The maximum atomic E-state index is 11.8. The topological polar surface area (TPSA) is 99.8 Å². The largest absolute Gasteiger partial charge is 0.355 e. The third-order valence-corrected chi connectivity index (χ3v) is 2.34. The molecule has 0 aliphatic carbocycles. The van der Waals surface area contributed by atoms with Gasteiger partial charge in [-0.05, 0) is 13.8 Å². The summed E-state index contributed by atoms with van der Waals surface area (Å²) in [7, 11) is 0. The molecule has 1 aromatic heterocycles. The highest BCUT2D eigenvalue weighted by Gasteiger charge is 2.19. The smallest absolute Gasteiger partial charge is 0.291 e. The van der Waals surface area contributed by atoms with Crippen molar-refractivity contribution in [2.75, 3.05) is 6.54 Å². The first-order chi connectivity index (χ1) is 8.45. The van der Waals surface area contributed by atoms with E-state index >= 15 is 0 Å². The van der Waals surface area contributed by atoms with E-state index in [0.29, 0.717) is 12.4 Å². The number of aromatic amines is 1. The molecule has 3 N–H and O–H groups in total. The Balaban J connectivity index is 2.61. The van der Waals surface area contributed by atoms with Crippen molar-refractivity contribution in [1.29, 1.82) is 0 Å². The molecule has 2 amide bonds. The van der Waals surface area contributed by atoms with Crippen LogP contribution in [0.2, 0.25) is 0 Å². The molecular weight excluding hydrogens is 234 g/mol. The predicted octanol–water partition coefficient (Wildman–Crippen LogP) is 0.182. The number of nitrogens with one attached hydrogen (secondary N) is 3. The van der Waals surface area contributed by atoms with Crippen LogP contribution in [0.15, 0.2) is 0 Å². The van der Waals surface area contributed by atoms with Crippen LogP contribution in [0.3, 0.4) is 0 Å². The van der Waals surface area contributed by atoms with Crippen LogP contribution in [-0.4, -0.2) is 39.6 Å². The van der Waals surface area contributed by atoms with E-state index in [2.05, 4.69) is 25.8 Å². The Morgan fingerprint density at radius 1 is 1.33 bits per heavy atom. The number of H-pyrrole nitrogens is 1. The average Bonchev–Trinajstić information content (AvgIpc) is 2.78. The van der Waals surface area contributed by atoms with E-state index in [4.69, 9.17) is 0 Å². The van der Waals surface area contributed by atoms with Crippen molar-refractivity contribution < 1.29 is 9.59 Å². The molecule has 0 saturated carbocycles. The first-order valence-electron chi connectivity index (χ1n) is 5.96. The number of carbonyl (C=O) groups excluding carboxylic acids is 2. The lowest BCUT2D eigenvalue weighted by molar-refractivity contribution is -0.122. The molecule has 0 fully saturated rings. The molecule has 1 heterocycles. The van der Waals surface area contributed by atoms with Crippen LogP contribution in [0.25, 0.3) is 0 Å². The number of aromatic nitrogens is 3. The Morgan fingerprint density at radius 2 is 2.00 bits per heavy atom.